The molecule has 0 aliphatic carbocycles. The Labute approximate surface area is 82.6 Å². The molecule has 0 saturated heterocycles. The fraction of sp³-hybridized carbons (Fsp3) is 0.600. The average Bonchev–Trinajstić information content (AvgIpc) is 2.43. The molecule has 0 bridgehead atoms. The number of aryl methyl sites for hydroxylation is 1. The summed E-state index contributed by atoms with van der Waals surface area (Å²) in [5, 5.41) is 9.03. The molecule has 0 saturated carbocycles. The second-order valence-electron chi connectivity index (χ2n) is 3.83. The lowest BCUT2D eigenvalue weighted by Crippen LogP contribution is -2.22. The predicted molar refractivity (Wildman–Crippen MR) is 51.3 cm³/mol. The Morgan fingerprint density at radius 2 is 2.29 bits per heavy atom. The van der Waals surface area contributed by atoms with E-state index in [9.17, 15) is 4.79 Å². The van der Waals surface area contributed by atoms with E-state index in [2.05, 4.69) is 4.98 Å². The quantitative estimate of drug-likeness (QED) is 0.736. The maximum Gasteiger partial charge on any atom is 0.314 e. The van der Waals surface area contributed by atoms with Crippen molar-refractivity contribution in [2.24, 2.45) is 0 Å². The molecule has 0 unspecified atom stereocenters. The number of carbonyl (C=O) groups is 1. The minimum absolute atomic E-state index is 0.406. The van der Waals surface area contributed by atoms with Gasteiger partial charge < -0.3 is 9.67 Å². The number of aromatic nitrogens is 2. The first-order valence-corrected chi connectivity index (χ1v) is 4.87. The summed E-state index contributed by atoms with van der Waals surface area (Å²) >= 11 is 0. The lowest BCUT2D eigenvalue weighted by atomic mass is 9.99. The van der Waals surface area contributed by atoms with Crippen molar-refractivity contribution in [2.75, 3.05) is 0 Å². The number of carboxylic acid groups (broad SMARTS) is 1. The third kappa shape index (κ3) is 1.22. The molecule has 0 spiro atoms. The molecular formula is C10H14N2O2. The Kier molecular flexibility index (Phi) is 2.06. The van der Waals surface area contributed by atoms with Gasteiger partial charge in [0, 0.05) is 12.2 Å². The number of hydrogen-bond acceptors (Lipinski definition) is 2. The van der Waals surface area contributed by atoms with E-state index in [0.717, 1.165) is 30.2 Å². The van der Waals surface area contributed by atoms with E-state index in [1.807, 2.05) is 18.4 Å². The smallest absolute Gasteiger partial charge is 0.314 e. The van der Waals surface area contributed by atoms with Crippen LogP contribution in [0.25, 0.3) is 0 Å². The zero-order valence-electron chi connectivity index (χ0n) is 8.45. The molecule has 4 nitrogen and oxygen atoms in total. The molecule has 14 heavy (non-hydrogen) atoms. The van der Waals surface area contributed by atoms with Crippen molar-refractivity contribution in [1.29, 1.82) is 0 Å². The number of aliphatic carboxylic acids is 1. The fourth-order valence-corrected chi connectivity index (χ4v) is 2.05. The summed E-state index contributed by atoms with van der Waals surface area (Å²) in [6, 6.07) is 0. The molecule has 0 amide bonds. The summed E-state index contributed by atoms with van der Waals surface area (Å²) in [6.45, 7) is 4.83. The molecule has 0 fully saturated rings. The molecule has 1 N–H and O–H groups in total. The monoisotopic (exact) mass is 194 g/mol. The van der Waals surface area contributed by atoms with Crippen LogP contribution in [0.2, 0.25) is 0 Å². The zero-order chi connectivity index (χ0) is 10.3. The second kappa shape index (κ2) is 3.12. The summed E-state index contributed by atoms with van der Waals surface area (Å²) in [7, 11) is 0. The van der Waals surface area contributed by atoms with Gasteiger partial charge in [-0.25, -0.2) is 4.98 Å². The zero-order valence-corrected chi connectivity index (χ0v) is 8.45. The van der Waals surface area contributed by atoms with Crippen LogP contribution < -0.4 is 0 Å². The molecule has 2 heterocycles. The fourth-order valence-electron chi connectivity index (χ4n) is 2.05. The van der Waals surface area contributed by atoms with Crippen molar-refractivity contribution in [2.45, 2.75) is 39.2 Å². The molecule has 1 atom stereocenters. The molecule has 76 valence electrons. The van der Waals surface area contributed by atoms with Gasteiger partial charge in [0.05, 0.1) is 5.69 Å². The Bertz CT molecular complexity index is 382. The van der Waals surface area contributed by atoms with Crippen molar-refractivity contribution in [3.63, 3.8) is 0 Å². The highest BCUT2D eigenvalue weighted by atomic mass is 16.4. The van der Waals surface area contributed by atoms with Gasteiger partial charge in [0.1, 0.15) is 11.7 Å². The van der Waals surface area contributed by atoms with Crippen LogP contribution in [0.15, 0.2) is 0 Å². The van der Waals surface area contributed by atoms with Crippen LogP contribution in [0.4, 0.5) is 0 Å². The minimum Gasteiger partial charge on any atom is -0.481 e. The highest BCUT2D eigenvalue weighted by Gasteiger charge is 2.29. The summed E-state index contributed by atoms with van der Waals surface area (Å²) in [6.07, 6.45) is 1.64. The predicted octanol–water partition coefficient (Wildman–Crippen LogP) is 1.46. The molecule has 1 aliphatic heterocycles. The van der Waals surface area contributed by atoms with Crippen molar-refractivity contribution in [3.05, 3.63) is 17.2 Å². The Balaban J connectivity index is 2.50. The van der Waals surface area contributed by atoms with E-state index in [1.54, 1.807) is 0 Å². The van der Waals surface area contributed by atoms with Crippen LogP contribution in [-0.4, -0.2) is 20.6 Å². The number of fused-ring (bicyclic) bond motifs is 1. The van der Waals surface area contributed by atoms with Gasteiger partial charge >= 0.3 is 5.97 Å². The summed E-state index contributed by atoms with van der Waals surface area (Å²) < 4.78 is 2.04. The Morgan fingerprint density at radius 3 is 2.93 bits per heavy atom. The molecule has 0 radical (unpaired) electrons. The largest absolute Gasteiger partial charge is 0.481 e. The maximum absolute atomic E-state index is 11.0. The van der Waals surface area contributed by atoms with Crippen LogP contribution in [0.3, 0.4) is 0 Å². The first-order valence-electron chi connectivity index (χ1n) is 4.87. The van der Waals surface area contributed by atoms with Crippen LogP contribution in [0.1, 0.15) is 36.0 Å². The standard InChI is InChI=1S/C10H14N2O2/c1-6-7(2)12-5-3-4-8(10(13)14)9(12)11-6/h8H,3-5H2,1-2H3,(H,13,14)/t8-/m1/s1. The van der Waals surface area contributed by atoms with Gasteiger partial charge in [-0.1, -0.05) is 0 Å². The van der Waals surface area contributed by atoms with Gasteiger partial charge in [-0.05, 0) is 26.7 Å². The van der Waals surface area contributed by atoms with E-state index < -0.39 is 11.9 Å². The molecule has 4 heteroatoms. The van der Waals surface area contributed by atoms with Crippen molar-refractivity contribution < 1.29 is 9.90 Å². The summed E-state index contributed by atoms with van der Waals surface area (Å²) in [5.74, 6) is -0.425. The van der Waals surface area contributed by atoms with E-state index >= 15 is 0 Å². The first kappa shape index (κ1) is 9.24. The lowest BCUT2D eigenvalue weighted by Gasteiger charge is -2.20. The van der Waals surface area contributed by atoms with Crippen LogP contribution in [-0.2, 0) is 11.3 Å². The number of carboxylic acids is 1. The topological polar surface area (TPSA) is 55.1 Å². The van der Waals surface area contributed by atoms with Gasteiger partial charge in [0.15, 0.2) is 0 Å². The van der Waals surface area contributed by atoms with E-state index in [0.29, 0.717) is 6.42 Å². The van der Waals surface area contributed by atoms with Crippen LogP contribution >= 0.6 is 0 Å². The molecule has 1 aliphatic rings. The Hall–Kier alpha value is -1.32. The third-order valence-electron chi connectivity index (χ3n) is 2.97. The van der Waals surface area contributed by atoms with Crippen molar-refractivity contribution in [3.8, 4) is 0 Å². The van der Waals surface area contributed by atoms with Gasteiger partial charge in [-0.3, -0.25) is 4.79 Å². The number of rotatable bonds is 1. The molecule has 1 aromatic heterocycles. The van der Waals surface area contributed by atoms with Gasteiger partial charge in [-0.2, -0.15) is 0 Å². The number of imidazole rings is 1. The average molecular weight is 194 g/mol. The minimum atomic E-state index is -0.754. The summed E-state index contributed by atoms with van der Waals surface area (Å²) in [4.78, 5) is 15.3. The van der Waals surface area contributed by atoms with Crippen molar-refractivity contribution in [1.82, 2.24) is 9.55 Å². The molecular weight excluding hydrogens is 180 g/mol. The van der Waals surface area contributed by atoms with Gasteiger partial charge in [-0.15, -0.1) is 0 Å². The lowest BCUT2D eigenvalue weighted by molar-refractivity contribution is -0.139. The van der Waals surface area contributed by atoms with E-state index in [4.69, 9.17) is 5.11 Å². The normalized spacial score (nSPS) is 20.6. The highest BCUT2D eigenvalue weighted by molar-refractivity contribution is 5.75. The van der Waals surface area contributed by atoms with E-state index in [-0.39, 0.29) is 0 Å². The SMILES string of the molecule is Cc1nc2n(c1C)CCC[C@H]2C(=O)O. The van der Waals surface area contributed by atoms with Gasteiger partial charge in [0.25, 0.3) is 0 Å². The van der Waals surface area contributed by atoms with Crippen LogP contribution in [0.5, 0.6) is 0 Å². The molecule has 2 rings (SSSR count). The summed E-state index contributed by atoms with van der Waals surface area (Å²) in [5.41, 5.74) is 2.05. The maximum atomic E-state index is 11.0. The third-order valence-corrected chi connectivity index (χ3v) is 2.97. The molecule has 1 aromatic rings. The second-order valence-corrected chi connectivity index (χ2v) is 3.83. The Morgan fingerprint density at radius 1 is 1.57 bits per heavy atom. The molecule has 0 aromatic carbocycles. The van der Waals surface area contributed by atoms with Crippen molar-refractivity contribution >= 4 is 5.97 Å². The van der Waals surface area contributed by atoms with Gasteiger partial charge in [0.2, 0.25) is 0 Å². The van der Waals surface area contributed by atoms with Crippen LogP contribution in [0, 0.1) is 13.8 Å². The number of hydrogen-bond donors (Lipinski definition) is 1. The van der Waals surface area contributed by atoms with E-state index in [1.165, 1.54) is 0 Å². The highest BCUT2D eigenvalue weighted by Crippen LogP contribution is 2.28. The number of nitrogens with zero attached hydrogens (tertiary/aromatic N) is 2. The first-order chi connectivity index (χ1) is 6.61.